The van der Waals surface area contributed by atoms with E-state index in [0.29, 0.717) is 48.9 Å². The molecule has 1 atom stereocenters. The van der Waals surface area contributed by atoms with E-state index in [0.717, 1.165) is 18.3 Å². The molecule has 0 radical (unpaired) electrons. The van der Waals surface area contributed by atoms with Crippen LogP contribution in [-0.4, -0.2) is 47.0 Å². The van der Waals surface area contributed by atoms with Gasteiger partial charge < -0.3 is 15.0 Å². The van der Waals surface area contributed by atoms with Gasteiger partial charge in [0.25, 0.3) is 0 Å². The summed E-state index contributed by atoms with van der Waals surface area (Å²) in [5, 5.41) is 7.10. The minimum absolute atomic E-state index is 0.0285. The lowest BCUT2D eigenvalue weighted by Gasteiger charge is -2.34. The number of aromatic nitrogens is 3. The summed E-state index contributed by atoms with van der Waals surface area (Å²) in [5.41, 5.74) is 4.02. The lowest BCUT2D eigenvalue weighted by atomic mass is 10.1. The zero-order chi connectivity index (χ0) is 25.7. The smallest absolute Gasteiger partial charge is 0.377 e. The number of anilines is 4. The summed E-state index contributed by atoms with van der Waals surface area (Å²) in [4.78, 5) is 14.5. The quantitative estimate of drug-likeness (QED) is 0.266. The van der Waals surface area contributed by atoms with Gasteiger partial charge in [0.05, 0.1) is 54.3 Å². The van der Waals surface area contributed by atoms with Gasteiger partial charge in [0.15, 0.2) is 11.6 Å². The molecule has 4 rings (SSSR count). The average molecular weight is 504 g/mol. The number of alkyl halides is 3. The second-order valence-electron chi connectivity index (χ2n) is 8.14. The second-order valence-corrected chi connectivity index (χ2v) is 8.14. The number of pyridine rings is 1. The summed E-state index contributed by atoms with van der Waals surface area (Å²) in [6.07, 6.45) is -1.34. The maximum absolute atomic E-state index is 14.3. The first-order valence-corrected chi connectivity index (χ1v) is 11.3. The third kappa shape index (κ3) is 6.06. The molecule has 0 bridgehead atoms. The Hall–Kier alpha value is -3.80. The molecule has 0 amide bonds. The summed E-state index contributed by atoms with van der Waals surface area (Å²) < 4.78 is 58.7. The van der Waals surface area contributed by atoms with E-state index < -0.39 is 17.6 Å². The normalized spacial score (nSPS) is 16.4. The van der Waals surface area contributed by atoms with Crippen LogP contribution in [-0.2, 0) is 17.3 Å². The average Bonchev–Trinajstić information content (AvgIpc) is 2.86. The van der Waals surface area contributed by atoms with Gasteiger partial charge in [-0.25, -0.2) is 19.8 Å². The molecule has 0 spiro atoms. The van der Waals surface area contributed by atoms with Crippen molar-refractivity contribution in [3.05, 3.63) is 65.4 Å². The maximum Gasteiger partial charge on any atom is 0.416 e. The number of halogens is 4. The van der Waals surface area contributed by atoms with Crippen LogP contribution in [0.2, 0.25) is 0 Å². The summed E-state index contributed by atoms with van der Waals surface area (Å²) in [5.74, 6) is -0.230. The molecule has 1 saturated heterocycles. The maximum atomic E-state index is 14.3. The fourth-order valence-electron chi connectivity index (χ4n) is 3.71. The van der Waals surface area contributed by atoms with Crippen LogP contribution in [0.25, 0.3) is 0 Å². The molecule has 1 fully saturated rings. The number of hydrogen-bond acceptors (Lipinski definition) is 8. The highest BCUT2D eigenvalue weighted by Crippen LogP contribution is 2.32. The number of aryl methyl sites for hydroxylation is 1. The Bertz CT molecular complexity index is 1240. The highest BCUT2D eigenvalue weighted by Gasteiger charge is 2.30. The predicted octanol–water partition coefficient (Wildman–Crippen LogP) is 5.01. The molecule has 0 saturated carbocycles. The third-order valence-electron chi connectivity index (χ3n) is 5.53. The Kier molecular flexibility index (Phi) is 7.63. The van der Waals surface area contributed by atoms with Gasteiger partial charge >= 0.3 is 6.18 Å². The van der Waals surface area contributed by atoms with Crippen LogP contribution < -0.4 is 15.6 Å². The number of morpholine rings is 1. The van der Waals surface area contributed by atoms with Crippen molar-refractivity contribution in [3.63, 3.8) is 0 Å². The van der Waals surface area contributed by atoms with Crippen LogP contribution in [0.1, 0.15) is 30.8 Å². The number of benzene rings is 1. The largest absolute Gasteiger partial charge is 0.416 e. The number of nitrogens with one attached hydrogen (secondary N) is 2. The van der Waals surface area contributed by atoms with Crippen LogP contribution in [0.5, 0.6) is 0 Å². The van der Waals surface area contributed by atoms with E-state index in [4.69, 9.17) is 4.74 Å². The fraction of sp³-hybridized carbons (Fsp3) is 0.333. The van der Waals surface area contributed by atoms with E-state index in [1.807, 2.05) is 18.7 Å². The fourth-order valence-corrected chi connectivity index (χ4v) is 3.71. The summed E-state index contributed by atoms with van der Waals surface area (Å²) in [7, 11) is 0. The molecule has 12 heteroatoms. The number of hydrazone groups is 1. The van der Waals surface area contributed by atoms with E-state index in [1.165, 1.54) is 12.3 Å². The van der Waals surface area contributed by atoms with Gasteiger partial charge in [-0.1, -0.05) is 13.0 Å². The van der Waals surface area contributed by atoms with Crippen molar-refractivity contribution >= 4 is 29.4 Å². The third-order valence-corrected chi connectivity index (χ3v) is 5.53. The Morgan fingerprint density at radius 2 is 2.06 bits per heavy atom. The molecule has 190 valence electrons. The monoisotopic (exact) mass is 503 g/mol. The lowest BCUT2D eigenvalue weighted by molar-refractivity contribution is -0.137. The van der Waals surface area contributed by atoms with E-state index in [-0.39, 0.29) is 17.8 Å². The standard InChI is InChI=1S/C24H25F4N7O/c1-3-20-21(31-17-6-4-5-16(11-17)24(26,27)28)8-7-18(32-20)12-30-34-23-29-13-19(25)22(33-23)35-9-10-36-14-15(35)2/h4-8,11-13,15,31H,3,9-10,14H2,1-2H3,(H,29,33,34)/b30-12+. The number of hydrogen-bond donors (Lipinski definition) is 2. The molecule has 2 N–H and O–H groups in total. The number of ether oxygens (including phenoxy) is 1. The van der Waals surface area contributed by atoms with Gasteiger partial charge in [0.1, 0.15) is 0 Å². The molecule has 1 unspecified atom stereocenters. The second kappa shape index (κ2) is 10.9. The summed E-state index contributed by atoms with van der Waals surface area (Å²) in [6, 6.07) is 8.34. The van der Waals surface area contributed by atoms with Gasteiger partial charge in [-0.15, -0.1) is 0 Å². The van der Waals surface area contributed by atoms with Crippen molar-refractivity contribution in [2.45, 2.75) is 32.5 Å². The molecule has 3 aromatic rings. The zero-order valence-corrected chi connectivity index (χ0v) is 19.7. The van der Waals surface area contributed by atoms with E-state index in [1.54, 1.807) is 18.2 Å². The minimum atomic E-state index is -4.42. The molecular formula is C24H25F4N7O. The van der Waals surface area contributed by atoms with Crippen molar-refractivity contribution in [2.75, 3.05) is 35.4 Å². The zero-order valence-electron chi connectivity index (χ0n) is 19.7. The Labute approximate surface area is 205 Å². The van der Waals surface area contributed by atoms with Crippen LogP contribution >= 0.6 is 0 Å². The van der Waals surface area contributed by atoms with Crippen molar-refractivity contribution < 1.29 is 22.3 Å². The predicted molar refractivity (Wildman–Crippen MR) is 129 cm³/mol. The molecule has 36 heavy (non-hydrogen) atoms. The van der Waals surface area contributed by atoms with Crippen molar-refractivity contribution in [3.8, 4) is 0 Å². The molecule has 8 nitrogen and oxygen atoms in total. The first-order valence-electron chi connectivity index (χ1n) is 11.3. The Morgan fingerprint density at radius 3 is 2.81 bits per heavy atom. The Balaban J connectivity index is 1.46. The van der Waals surface area contributed by atoms with Gasteiger partial charge in [0.2, 0.25) is 5.95 Å². The summed E-state index contributed by atoms with van der Waals surface area (Å²) in [6.45, 7) is 5.30. The topological polar surface area (TPSA) is 87.6 Å². The molecule has 1 aliphatic rings. The minimum Gasteiger partial charge on any atom is -0.377 e. The van der Waals surface area contributed by atoms with Gasteiger partial charge in [-0.3, -0.25) is 0 Å². The molecule has 0 aliphatic carbocycles. The summed E-state index contributed by atoms with van der Waals surface area (Å²) >= 11 is 0. The SMILES string of the molecule is CCc1nc(/C=N/Nc2ncc(F)c(N3CCOCC3C)n2)ccc1Nc1cccc(C(F)(F)F)c1. The lowest BCUT2D eigenvalue weighted by Crippen LogP contribution is -2.44. The first-order chi connectivity index (χ1) is 17.2. The van der Waals surface area contributed by atoms with Crippen LogP contribution in [0, 0.1) is 5.82 Å². The van der Waals surface area contributed by atoms with Gasteiger partial charge in [0, 0.05) is 12.2 Å². The van der Waals surface area contributed by atoms with Gasteiger partial charge in [-0.2, -0.15) is 23.3 Å². The van der Waals surface area contributed by atoms with E-state index in [9.17, 15) is 17.6 Å². The highest BCUT2D eigenvalue weighted by atomic mass is 19.4. The van der Waals surface area contributed by atoms with Crippen molar-refractivity contribution in [1.82, 2.24) is 15.0 Å². The number of rotatable bonds is 7. The van der Waals surface area contributed by atoms with Crippen LogP contribution in [0.15, 0.2) is 47.7 Å². The number of nitrogens with zero attached hydrogens (tertiary/aromatic N) is 5. The molecule has 1 aromatic carbocycles. The highest BCUT2D eigenvalue weighted by molar-refractivity contribution is 5.79. The first kappa shape index (κ1) is 25.3. The van der Waals surface area contributed by atoms with Crippen molar-refractivity contribution in [1.29, 1.82) is 0 Å². The van der Waals surface area contributed by atoms with Crippen LogP contribution in [0.3, 0.4) is 0 Å². The van der Waals surface area contributed by atoms with E-state index in [2.05, 4.69) is 30.8 Å². The molecule has 1 aliphatic heterocycles. The van der Waals surface area contributed by atoms with Crippen molar-refractivity contribution in [2.24, 2.45) is 5.10 Å². The molecule has 3 heterocycles. The Morgan fingerprint density at radius 1 is 1.22 bits per heavy atom. The molecule has 2 aromatic heterocycles. The van der Waals surface area contributed by atoms with E-state index >= 15 is 0 Å². The van der Waals surface area contributed by atoms with Gasteiger partial charge in [-0.05, 0) is 43.7 Å². The molecular weight excluding hydrogens is 478 g/mol. The van der Waals surface area contributed by atoms with Crippen LogP contribution in [0.4, 0.5) is 40.7 Å².